The summed E-state index contributed by atoms with van der Waals surface area (Å²) in [5.74, 6) is 1.14. The third-order valence-electron chi connectivity index (χ3n) is 6.56. The van der Waals surface area contributed by atoms with Crippen molar-refractivity contribution in [3.05, 3.63) is 78.4 Å². The minimum absolute atomic E-state index is 0.199. The molecule has 0 aliphatic carbocycles. The molecule has 0 spiro atoms. The van der Waals surface area contributed by atoms with Crippen LogP contribution in [0.3, 0.4) is 0 Å². The second-order valence-corrected chi connectivity index (χ2v) is 9.31. The van der Waals surface area contributed by atoms with E-state index >= 15 is 0 Å². The number of anilines is 3. The highest BCUT2D eigenvalue weighted by atomic mass is 16.5. The molecule has 40 heavy (non-hydrogen) atoms. The van der Waals surface area contributed by atoms with Crippen molar-refractivity contribution in [3.8, 4) is 11.5 Å². The topological polar surface area (TPSA) is 128 Å². The number of amides is 2. The van der Waals surface area contributed by atoms with Crippen LogP contribution in [0.25, 0.3) is 11.0 Å². The molecule has 0 radical (unpaired) electrons. The van der Waals surface area contributed by atoms with Crippen LogP contribution in [-0.2, 0) is 9.53 Å². The molecule has 1 aliphatic rings. The molecule has 10 nitrogen and oxygen atoms in total. The van der Waals surface area contributed by atoms with E-state index in [9.17, 15) is 9.59 Å². The molecule has 3 aromatic carbocycles. The molecule has 1 saturated heterocycles. The van der Waals surface area contributed by atoms with Crippen LogP contribution < -0.4 is 30.7 Å². The number of carbonyl (C=O) groups excluding carboxylic acids is 2. The molecular formula is C30H32N4O6. The molecule has 1 aromatic heterocycles. The SMILES string of the molecule is Nc1ccccc1NC(=O)c1ccc(OCCN(C=O)c2oc3ccccc3c2OCCC2COCCN2)cc1. The molecule has 0 bridgehead atoms. The second-order valence-electron chi connectivity index (χ2n) is 9.31. The third kappa shape index (κ3) is 6.53. The molecule has 1 unspecified atom stereocenters. The van der Waals surface area contributed by atoms with Gasteiger partial charge in [-0.1, -0.05) is 24.3 Å². The Morgan fingerprint density at radius 3 is 2.62 bits per heavy atom. The van der Waals surface area contributed by atoms with Crippen molar-refractivity contribution >= 4 is 40.5 Å². The fraction of sp³-hybridized carbons (Fsp3) is 0.267. The summed E-state index contributed by atoms with van der Waals surface area (Å²) in [5.41, 5.74) is 8.04. The van der Waals surface area contributed by atoms with Gasteiger partial charge in [0.25, 0.3) is 5.91 Å². The van der Waals surface area contributed by atoms with Gasteiger partial charge >= 0.3 is 0 Å². The van der Waals surface area contributed by atoms with E-state index in [2.05, 4.69) is 10.6 Å². The summed E-state index contributed by atoms with van der Waals surface area (Å²) in [5, 5.41) is 7.00. The van der Waals surface area contributed by atoms with Crippen molar-refractivity contribution in [1.82, 2.24) is 5.32 Å². The summed E-state index contributed by atoms with van der Waals surface area (Å²) in [6.45, 7) is 3.05. The maximum atomic E-state index is 12.6. The molecule has 1 atom stereocenters. The van der Waals surface area contributed by atoms with E-state index in [1.165, 1.54) is 4.90 Å². The van der Waals surface area contributed by atoms with Gasteiger partial charge in [0.2, 0.25) is 12.3 Å². The third-order valence-corrected chi connectivity index (χ3v) is 6.56. The number of benzene rings is 3. The van der Waals surface area contributed by atoms with Gasteiger partial charge in [-0.3, -0.25) is 14.5 Å². The van der Waals surface area contributed by atoms with Crippen LogP contribution in [0.4, 0.5) is 17.3 Å². The van der Waals surface area contributed by atoms with E-state index in [-0.39, 0.29) is 25.1 Å². The van der Waals surface area contributed by atoms with Gasteiger partial charge in [-0.2, -0.15) is 0 Å². The summed E-state index contributed by atoms with van der Waals surface area (Å²) in [6.07, 6.45) is 1.46. The number of ether oxygens (including phenoxy) is 3. The fourth-order valence-corrected chi connectivity index (χ4v) is 4.42. The lowest BCUT2D eigenvalue weighted by Crippen LogP contribution is -2.42. The van der Waals surface area contributed by atoms with Crippen LogP contribution in [0.2, 0.25) is 0 Å². The van der Waals surface area contributed by atoms with Crippen LogP contribution >= 0.6 is 0 Å². The molecule has 1 aliphatic heterocycles. The van der Waals surface area contributed by atoms with Crippen molar-refractivity contribution in [2.24, 2.45) is 0 Å². The van der Waals surface area contributed by atoms with Crippen molar-refractivity contribution in [1.29, 1.82) is 0 Å². The number of hydrogen-bond acceptors (Lipinski definition) is 8. The number of nitrogen functional groups attached to an aromatic ring is 1. The number of nitrogens with two attached hydrogens (primary N) is 1. The number of rotatable bonds is 12. The van der Waals surface area contributed by atoms with E-state index < -0.39 is 0 Å². The van der Waals surface area contributed by atoms with Crippen LogP contribution in [-0.4, -0.2) is 57.9 Å². The van der Waals surface area contributed by atoms with E-state index in [0.717, 1.165) is 18.4 Å². The zero-order valence-electron chi connectivity index (χ0n) is 22.0. The molecule has 10 heteroatoms. The first-order valence-electron chi connectivity index (χ1n) is 13.2. The highest BCUT2D eigenvalue weighted by Crippen LogP contribution is 2.39. The molecule has 2 amide bonds. The Bertz CT molecular complexity index is 1430. The highest BCUT2D eigenvalue weighted by molar-refractivity contribution is 6.05. The Labute approximate surface area is 232 Å². The maximum absolute atomic E-state index is 12.6. The molecular weight excluding hydrogens is 512 g/mol. The lowest BCUT2D eigenvalue weighted by molar-refractivity contribution is -0.107. The zero-order chi connectivity index (χ0) is 27.7. The summed E-state index contributed by atoms with van der Waals surface area (Å²) in [6, 6.07) is 21.5. The Morgan fingerprint density at radius 2 is 1.85 bits per heavy atom. The smallest absolute Gasteiger partial charge is 0.255 e. The lowest BCUT2D eigenvalue weighted by Gasteiger charge is -2.23. The van der Waals surface area contributed by atoms with Crippen LogP contribution in [0, 0.1) is 0 Å². The summed E-state index contributed by atoms with van der Waals surface area (Å²) < 4.78 is 23.5. The van der Waals surface area contributed by atoms with Crippen molar-refractivity contribution in [2.45, 2.75) is 12.5 Å². The summed E-state index contributed by atoms with van der Waals surface area (Å²) in [7, 11) is 0. The molecule has 4 N–H and O–H groups in total. The predicted octanol–water partition coefficient (Wildman–Crippen LogP) is 4.07. The predicted molar refractivity (Wildman–Crippen MR) is 153 cm³/mol. The highest BCUT2D eigenvalue weighted by Gasteiger charge is 2.22. The lowest BCUT2D eigenvalue weighted by atomic mass is 10.2. The number of hydrogen-bond donors (Lipinski definition) is 3. The van der Waals surface area contributed by atoms with E-state index in [4.69, 9.17) is 24.4 Å². The number of fused-ring (bicyclic) bond motifs is 1. The number of carbonyl (C=O) groups is 2. The number of nitrogens with zero attached hydrogens (tertiary/aromatic N) is 1. The first-order chi connectivity index (χ1) is 19.6. The second kappa shape index (κ2) is 13.0. The first kappa shape index (κ1) is 27.0. The number of morpholine rings is 1. The normalized spacial score (nSPS) is 14.9. The Morgan fingerprint density at radius 1 is 1.05 bits per heavy atom. The maximum Gasteiger partial charge on any atom is 0.255 e. The zero-order valence-corrected chi connectivity index (χ0v) is 22.0. The van der Waals surface area contributed by atoms with Crippen molar-refractivity contribution < 1.29 is 28.2 Å². The Hall–Kier alpha value is -4.54. The Balaban J connectivity index is 1.19. The Kier molecular flexibility index (Phi) is 8.79. The number of furan rings is 1. The summed E-state index contributed by atoms with van der Waals surface area (Å²) >= 11 is 0. The molecule has 5 rings (SSSR count). The average Bonchev–Trinajstić information content (AvgIpc) is 3.35. The minimum atomic E-state index is -0.277. The van der Waals surface area contributed by atoms with Gasteiger partial charge in [-0.15, -0.1) is 0 Å². The fourth-order valence-electron chi connectivity index (χ4n) is 4.42. The van der Waals surface area contributed by atoms with Crippen LogP contribution in [0.15, 0.2) is 77.2 Å². The molecule has 4 aromatic rings. The summed E-state index contributed by atoms with van der Waals surface area (Å²) in [4.78, 5) is 26.1. The van der Waals surface area contributed by atoms with Crippen LogP contribution in [0.5, 0.6) is 11.5 Å². The minimum Gasteiger partial charge on any atom is -0.492 e. The van der Waals surface area contributed by atoms with Gasteiger partial charge in [0.15, 0.2) is 5.75 Å². The van der Waals surface area contributed by atoms with Crippen LogP contribution in [0.1, 0.15) is 16.8 Å². The van der Waals surface area contributed by atoms with E-state index in [0.29, 0.717) is 66.1 Å². The largest absolute Gasteiger partial charge is 0.492 e. The van der Waals surface area contributed by atoms with E-state index in [1.807, 2.05) is 24.3 Å². The number of nitrogens with one attached hydrogen (secondary N) is 2. The van der Waals surface area contributed by atoms with Crippen molar-refractivity contribution in [3.63, 3.8) is 0 Å². The van der Waals surface area contributed by atoms with Gasteiger partial charge in [-0.05, 0) is 55.0 Å². The molecule has 0 saturated carbocycles. The van der Waals surface area contributed by atoms with Crippen molar-refractivity contribution in [2.75, 3.05) is 55.5 Å². The van der Waals surface area contributed by atoms with Gasteiger partial charge in [-0.25, -0.2) is 0 Å². The van der Waals surface area contributed by atoms with Gasteiger partial charge < -0.3 is 35.0 Å². The standard InChI is InChI=1S/C30H32N4O6/c31-25-6-2-3-7-26(25)33-29(36)21-9-11-23(12-10-21)38-18-15-34(20-35)30-28(24-5-1-4-8-27(24)40-30)39-16-13-22-19-37-17-14-32-22/h1-12,20,22,32H,13-19,31H2,(H,33,36). The molecule has 2 heterocycles. The quantitative estimate of drug-likeness (QED) is 0.180. The molecule has 1 fully saturated rings. The van der Waals surface area contributed by atoms with Gasteiger partial charge in [0, 0.05) is 18.2 Å². The molecule has 208 valence electrons. The first-order valence-corrected chi connectivity index (χ1v) is 13.2. The number of para-hydroxylation sites is 3. The van der Waals surface area contributed by atoms with E-state index in [1.54, 1.807) is 48.5 Å². The van der Waals surface area contributed by atoms with Gasteiger partial charge in [0.1, 0.15) is 17.9 Å². The average molecular weight is 545 g/mol. The monoisotopic (exact) mass is 544 g/mol. The van der Waals surface area contributed by atoms with Gasteiger partial charge in [0.05, 0.1) is 43.1 Å².